The molecule has 1 amide bonds. The summed E-state index contributed by atoms with van der Waals surface area (Å²) in [5, 5.41) is 2.85. The zero-order valence-electron chi connectivity index (χ0n) is 17.4. The van der Waals surface area contributed by atoms with Crippen LogP contribution >= 0.6 is 0 Å². The average molecular weight is 427 g/mol. The zero-order chi connectivity index (χ0) is 21.9. The Morgan fingerprint density at radius 3 is 2.53 bits per heavy atom. The third-order valence-corrected chi connectivity index (χ3v) is 5.09. The summed E-state index contributed by atoms with van der Waals surface area (Å²) >= 11 is 0. The predicted octanol–water partition coefficient (Wildman–Crippen LogP) is 4.47. The molecule has 1 aliphatic rings. The summed E-state index contributed by atoms with van der Waals surface area (Å²) in [4.78, 5) is 21.7. The van der Waals surface area contributed by atoms with Gasteiger partial charge in [0, 0.05) is 17.3 Å². The SMILES string of the molecule is CC(Oc1ccc(-c2cnc3ccccc3n2)cc1)C(=O)Nc1ccc2c(c1)OCCO2. The van der Waals surface area contributed by atoms with Crippen molar-refractivity contribution in [2.24, 2.45) is 0 Å². The molecule has 7 nitrogen and oxygen atoms in total. The van der Waals surface area contributed by atoms with E-state index >= 15 is 0 Å². The van der Waals surface area contributed by atoms with Gasteiger partial charge in [-0.25, -0.2) is 4.98 Å². The fourth-order valence-electron chi connectivity index (χ4n) is 3.42. The van der Waals surface area contributed by atoms with Crippen LogP contribution in [0.4, 0.5) is 5.69 Å². The lowest BCUT2D eigenvalue weighted by molar-refractivity contribution is -0.122. The number of anilines is 1. The van der Waals surface area contributed by atoms with Gasteiger partial charge < -0.3 is 19.5 Å². The molecule has 32 heavy (non-hydrogen) atoms. The number of ether oxygens (including phenoxy) is 3. The Hall–Kier alpha value is -4.13. The first-order valence-electron chi connectivity index (χ1n) is 10.4. The summed E-state index contributed by atoms with van der Waals surface area (Å²) in [6, 6.07) is 20.5. The van der Waals surface area contributed by atoms with Crippen molar-refractivity contribution in [2.75, 3.05) is 18.5 Å². The van der Waals surface area contributed by atoms with E-state index in [4.69, 9.17) is 14.2 Å². The van der Waals surface area contributed by atoms with Crippen LogP contribution in [0.5, 0.6) is 17.2 Å². The van der Waals surface area contributed by atoms with Crippen molar-refractivity contribution in [1.82, 2.24) is 9.97 Å². The predicted molar refractivity (Wildman–Crippen MR) is 121 cm³/mol. The molecule has 1 N–H and O–H groups in total. The molecule has 0 saturated heterocycles. The first-order chi connectivity index (χ1) is 15.7. The van der Waals surface area contributed by atoms with Crippen molar-refractivity contribution >= 4 is 22.6 Å². The smallest absolute Gasteiger partial charge is 0.265 e. The molecule has 3 aromatic carbocycles. The van der Waals surface area contributed by atoms with Gasteiger partial charge >= 0.3 is 0 Å². The molecule has 0 aliphatic carbocycles. The Labute approximate surface area is 185 Å². The van der Waals surface area contributed by atoms with E-state index in [2.05, 4.69) is 15.3 Å². The van der Waals surface area contributed by atoms with Crippen LogP contribution in [0.15, 0.2) is 72.9 Å². The Bertz CT molecular complexity index is 1270. The minimum atomic E-state index is -0.686. The number of hydrogen-bond donors (Lipinski definition) is 1. The van der Waals surface area contributed by atoms with Gasteiger partial charge in [0.1, 0.15) is 19.0 Å². The van der Waals surface area contributed by atoms with Gasteiger partial charge in [0.25, 0.3) is 5.91 Å². The molecule has 1 aromatic heterocycles. The molecule has 5 rings (SSSR count). The minimum absolute atomic E-state index is 0.258. The second kappa shape index (κ2) is 8.55. The van der Waals surface area contributed by atoms with E-state index in [0.29, 0.717) is 36.1 Å². The van der Waals surface area contributed by atoms with Crippen LogP contribution in [0, 0.1) is 0 Å². The van der Waals surface area contributed by atoms with Crippen LogP contribution in [0.1, 0.15) is 6.92 Å². The molecule has 0 bridgehead atoms. The monoisotopic (exact) mass is 427 g/mol. The van der Waals surface area contributed by atoms with Gasteiger partial charge in [-0.1, -0.05) is 12.1 Å². The van der Waals surface area contributed by atoms with Gasteiger partial charge in [0.2, 0.25) is 0 Å². The molecule has 2 heterocycles. The van der Waals surface area contributed by atoms with Crippen LogP contribution < -0.4 is 19.5 Å². The third kappa shape index (κ3) is 4.18. The Morgan fingerprint density at radius 2 is 1.72 bits per heavy atom. The lowest BCUT2D eigenvalue weighted by atomic mass is 10.1. The summed E-state index contributed by atoms with van der Waals surface area (Å²) in [6.45, 7) is 2.72. The topological polar surface area (TPSA) is 82.6 Å². The van der Waals surface area contributed by atoms with Gasteiger partial charge in [-0.05, 0) is 55.5 Å². The molecule has 1 unspecified atom stereocenters. The molecule has 0 radical (unpaired) electrons. The Kier molecular flexibility index (Phi) is 5.29. The van der Waals surface area contributed by atoms with E-state index in [-0.39, 0.29) is 5.91 Å². The number of benzene rings is 3. The van der Waals surface area contributed by atoms with Crippen molar-refractivity contribution in [2.45, 2.75) is 13.0 Å². The summed E-state index contributed by atoms with van der Waals surface area (Å²) in [7, 11) is 0. The highest BCUT2D eigenvalue weighted by Crippen LogP contribution is 2.32. The number of fused-ring (bicyclic) bond motifs is 2. The molecule has 1 aliphatic heterocycles. The molecule has 4 aromatic rings. The number of nitrogens with one attached hydrogen (secondary N) is 1. The number of carbonyl (C=O) groups is 1. The largest absolute Gasteiger partial charge is 0.486 e. The van der Waals surface area contributed by atoms with Gasteiger partial charge in [-0.2, -0.15) is 0 Å². The van der Waals surface area contributed by atoms with Crippen molar-refractivity contribution in [3.05, 3.63) is 72.9 Å². The fraction of sp³-hybridized carbons (Fsp3) is 0.160. The lowest BCUT2D eigenvalue weighted by Gasteiger charge is -2.20. The maximum absolute atomic E-state index is 12.6. The van der Waals surface area contributed by atoms with Crippen LogP contribution in [0.2, 0.25) is 0 Å². The van der Waals surface area contributed by atoms with E-state index in [9.17, 15) is 4.79 Å². The van der Waals surface area contributed by atoms with E-state index < -0.39 is 6.10 Å². The highest BCUT2D eigenvalue weighted by Gasteiger charge is 2.17. The molecule has 0 spiro atoms. The lowest BCUT2D eigenvalue weighted by Crippen LogP contribution is -2.30. The van der Waals surface area contributed by atoms with E-state index in [1.807, 2.05) is 48.5 Å². The van der Waals surface area contributed by atoms with Crippen LogP contribution in [-0.4, -0.2) is 35.2 Å². The number of nitrogens with zero attached hydrogens (tertiary/aromatic N) is 2. The molecule has 0 fully saturated rings. The zero-order valence-corrected chi connectivity index (χ0v) is 17.4. The summed E-state index contributed by atoms with van der Waals surface area (Å²) in [5.41, 5.74) is 4.02. The minimum Gasteiger partial charge on any atom is -0.486 e. The number of para-hydroxylation sites is 2. The van der Waals surface area contributed by atoms with Crippen molar-refractivity contribution < 1.29 is 19.0 Å². The molecular formula is C25H21N3O4. The molecule has 0 saturated carbocycles. The van der Waals surface area contributed by atoms with Crippen molar-refractivity contribution in [3.8, 4) is 28.5 Å². The second-order valence-corrected chi connectivity index (χ2v) is 7.38. The van der Waals surface area contributed by atoms with Crippen LogP contribution in [0.3, 0.4) is 0 Å². The highest BCUT2D eigenvalue weighted by molar-refractivity contribution is 5.94. The molecule has 7 heteroatoms. The van der Waals surface area contributed by atoms with E-state index in [1.165, 1.54) is 0 Å². The van der Waals surface area contributed by atoms with Crippen LogP contribution in [0.25, 0.3) is 22.3 Å². The summed E-state index contributed by atoms with van der Waals surface area (Å²) < 4.78 is 16.9. The molecule has 160 valence electrons. The third-order valence-electron chi connectivity index (χ3n) is 5.09. The fourth-order valence-corrected chi connectivity index (χ4v) is 3.42. The van der Waals surface area contributed by atoms with Crippen molar-refractivity contribution in [1.29, 1.82) is 0 Å². The standard InChI is InChI=1S/C25H21N3O4/c1-16(25(29)27-18-8-11-23-24(14-18)31-13-12-30-23)32-19-9-6-17(7-10-19)22-15-26-20-4-2-3-5-21(20)28-22/h2-11,14-16H,12-13H2,1H3,(H,27,29). The highest BCUT2D eigenvalue weighted by atomic mass is 16.6. The van der Waals surface area contributed by atoms with Crippen LogP contribution in [-0.2, 0) is 4.79 Å². The second-order valence-electron chi connectivity index (χ2n) is 7.38. The van der Waals surface area contributed by atoms with Gasteiger partial charge in [-0.3, -0.25) is 9.78 Å². The van der Waals surface area contributed by atoms with Gasteiger partial charge in [-0.15, -0.1) is 0 Å². The van der Waals surface area contributed by atoms with Crippen molar-refractivity contribution in [3.63, 3.8) is 0 Å². The van der Waals surface area contributed by atoms with E-state index in [0.717, 1.165) is 22.3 Å². The quantitative estimate of drug-likeness (QED) is 0.506. The summed E-state index contributed by atoms with van der Waals surface area (Å²) in [6.07, 6.45) is 1.07. The molecule has 1 atom stereocenters. The number of rotatable bonds is 5. The maximum Gasteiger partial charge on any atom is 0.265 e. The first kappa shape index (κ1) is 19.8. The number of carbonyl (C=O) groups excluding carboxylic acids is 1. The summed E-state index contributed by atoms with van der Waals surface area (Å²) in [5.74, 6) is 1.63. The number of amides is 1. The Morgan fingerprint density at radius 1 is 0.969 bits per heavy atom. The van der Waals surface area contributed by atoms with Gasteiger partial charge in [0.05, 0.1) is 22.9 Å². The number of hydrogen-bond acceptors (Lipinski definition) is 6. The van der Waals surface area contributed by atoms with E-state index in [1.54, 1.807) is 31.3 Å². The first-order valence-corrected chi connectivity index (χ1v) is 10.4. The Balaban J connectivity index is 1.24. The normalized spacial score (nSPS) is 13.4. The molecular weight excluding hydrogens is 406 g/mol. The number of aromatic nitrogens is 2. The average Bonchev–Trinajstić information content (AvgIpc) is 2.84. The maximum atomic E-state index is 12.6. The van der Waals surface area contributed by atoms with Gasteiger partial charge in [0.15, 0.2) is 17.6 Å².